The Labute approximate surface area is 176 Å². The molecule has 1 aromatic heterocycles. The van der Waals surface area contributed by atoms with Crippen molar-refractivity contribution in [1.82, 2.24) is 14.8 Å². The third-order valence-electron chi connectivity index (χ3n) is 4.95. The number of carbonyl (C=O) groups excluding carboxylic acids is 1. The van der Waals surface area contributed by atoms with E-state index in [2.05, 4.69) is 31.1 Å². The molecule has 3 rings (SSSR count). The van der Waals surface area contributed by atoms with Crippen LogP contribution in [0.4, 0.5) is 18.9 Å². The molecular formula is C20H22BrF3N4O. The van der Waals surface area contributed by atoms with Gasteiger partial charge in [0.05, 0.1) is 16.8 Å². The van der Waals surface area contributed by atoms with E-state index in [0.29, 0.717) is 10.2 Å². The summed E-state index contributed by atoms with van der Waals surface area (Å²) in [5, 5.41) is 2.53. The van der Waals surface area contributed by atoms with Crippen molar-refractivity contribution < 1.29 is 18.0 Å². The summed E-state index contributed by atoms with van der Waals surface area (Å²) in [6.07, 6.45) is -3.11. The monoisotopic (exact) mass is 470 g/mol. The van der Waals surface area contributed by atoms with Gasteiger partial charge in [-0.1, -0.05) is 6.07 Å². The number of benzene rings is 1. The summed E-state index contributed by atoms with van der Waals surface area (Å²) < 4.78 is 41.6. The van der Waals surface area contributed by atoms with Gasteiger partial charge in [-0.2, -0.15) is 13.2 Å². The molecule has 2 aromatic rings. The fourth-order valence-corrected chi connectivity index (χ4v) is 3.49. The Kier molecular flexibility index (Phi) is 6.60. The number of carbonyl (C=O) groups is 1. The van der Waals surface area contributed by atoms with Crippen LogP contribution < -0.4 is 5.32 Å². The Hall–Kier alpha value is -1.97. The third kappa shape index (κ3) is 5.55. The first-order valence-electron chi connectivity index (χ1n) is 9.18. The van der Waals surface area contributed by atoms with Gasteiger partial charge < -0.3 is 10.2 Å². The molecule has 0 aliphatic carbocycles. The molecule has 0 unspecified atom stereocenters. The second-order valence-electron chi connectivity index (χ2n) is 7.19. The number of amides is 1. The molecule has 0 saturated carbocycles. The molecular weight excluding hydrogens is 449 g/mol. The van der Waals surface area contributed by atoms with E-state index >= 15 is 0 Å². The van der Waals surface area contributed by atoms with Crippen molar-refractivity contribution in [2.75, 3.05) is 38.5 Å². The maximum Gasteiger partial charge on any atom is 0.416 e. The number of rotatable bonds is 4. The van der Waals surface area contributed by atoms with E-state index in [1.54, 1.807) is 13.0 Å². The maximum atomic E-state index is 13.6. The number of pyridine rings is 1. The number of aromatic nitrogens is 1. The van der Waals surface area contributed by atoms with Crippen molar-refractivity contribution in [1.29, 1.82) is 0 Å². The summed E-state index contributed by atoms with van der Waals surface area (Å²) in [4.78, 5) is 20.7. The zero-order valence-corrected chi connectivity index (χ0v) is 17.8. The molecule has 9 heteroatoms. The Bertz CT molecular complexity index is 896. The zero-order chi connectivity index (χ0) is 21.2. The quantitative estimate of drug-likeness (QED) is 0.728. The molecule has 0 atom stereocenters. The highest BCUT2D eigenvalue weighted by molar-refractivity contribution is 9.10. The second kappa shape index (κ2) is 8.81. The summed E-state index contributed by atoms with van der Waals surface area (Å²) >= 11 is 3.30. The minimum Gasteiger partial charge on any atom is -0.322 e. The van der Waals surface area contributed by atoms with Crippen LogP contribution in [0.3, 0.4) is 0 Å². The Balaban J connectivity index is 1.79. The highest BCUT2D eigenvalue weighted by Gasteiger charge is 2.34. The van der Waals surface area contributed by atoms with Gasteiger partial charge in [-0.25, -0.2) is 0 Å². The lowest BCUT2D eigenvalue weighted by Crippen LogP contribution is -2.44. The number of piperazine rings is 1. The van der Waals surface area contributed by atoms with Gasteiger partial charge in [0.2, 0.25) is 0 Å². The van der Waals surface area contributed by atoms with Crippen molar-refractivity contribution in [2.24, 2.45) is 0 Å². The third-order valence-corrected chi connectivity index (χ3v) is 5.75. The molecule has 1 N–H and O–H groups in total. The fraction of sp³-hybridized carbons (Fsp3) is 0.400. The molecule has 1 aliphatic heterocycles. The first-order valence-corrected chi connectivity index (χ1v) is 9.97. The van der Waals surface area contributed by atoms with Crippen LogP contribution in [-0.2, 0) is 12.7 Å². The predicted octanol–water partition coefficient (Wildman–Crippen LogP) is 4.17. The number of nitrogens with zero attached hydrogens (tertiary/aromatic N) is 3. The zero-order valence-electron chi connectivity index (χ0n) is 16.2. The van der Waals surface area contributed by atoms with E-state index in [1.165, 1.54) is 18.3 Å². The van der Waals surface area contributed by atoms with Gasteiger partial charge in [-0.3, -0.25) is 14.7 Å². The van der Waals surface area contributed by atoms with Crippen LogP contribution in [0.2, 0.25) is 0 Å². The minimum atomic E-state index is -4.50. The first kappa shape index (κ1) is 21.7. The molecule has 0 radical (unpaired) electrons. The number of nitrogens with one attached hydrogen (secondary N) is 1. The van der Waals surface area contributed by atoms with Gasteiger partial charge in [0.15, 0.2) is 0 Å². The molecule has 156 valence electrons. The number of hydrogen-bond acceptors (Lipinski definition) is 4. The number of hydrogen-bond donors (Lipinski definition) is 1. The molecule has 1 aromatic carbocycles. The Morgan fingerprint density at radius 1 is 1.21 bits per heavy atom. The highest BCUT2D eigenvalue weighted by Crippen LogP contribution is 2.34. The van der Waals surface area contributed by atoms with Crippen molar-refractivity contribution in [3.63, 3.8) is 0 Å². The van der Waals surface area contributed by atoms with E-state index in [0.717, 1.165) is 32.2 Å². The van der Waals surface area contributed by atoms with E-state index in [4.69, 9.17) is 0 Å². The summed E-state index contributed by atoms with van der Waals surface area (Å²) in [7, 11) is 2.00. The van der Waals surface area contributed by atoms with Gasteiger partial charge in [0.25, 0.3) is 5.91 Å². The number of aryl methyl sites for hydroxylation is 1. The lowest BCUT2D eigenvalue weighted by atomic mass is 10.0. The molecule has 5 nitrogen and oxygen atoms in total. The van der Waals surface area contributed by atoms with Crippen LogP contribution in [0.5, 0.6) is 0 Å². The van der Waals surface area contributed by atoms with Crippen LogP contribution >= 0.6 is 15.9 Å². The van der Waals surface area contributed by atoms with Gasteiger partial charge in [0, 0.05) is 49.1 Å². The van der Waals surface area contributed by atoms with Gasteiger partial charge in [-0.15, -0.1) is 0 Å². The van der Waals surface area contributed by atoms with Crippen molar-refractivity contribution in [3.05, 3.63) is 57.3 Å². The molecule has 2 heterocycles. The standard InChI is InChI=1S/C20H22BrF3N4O/c1-13-18(21)9-15(11-25-13)19(29)26-16-4-3-14(17(10-16)20(22,23)24)12-28-7-5-27(2)6-8-28/h3-4,9-11H,5-8,12H2,1-2H3,(H,26,29). The summed E-state index contributed by atoms with van der Waals surface area (Å²) in [5.41, 5.74) is 0.560. The molecule has 1 aliphatic rings. The van der Waals surface area contributed by atoms with E-state index in [9.17, 15) is 18.0 Å². The van der Waals surface area contributed by atoms with Crippen molar-refractivity contribution in [3.8, 4) is 0 Å². The second-order valence-corrected chi connectivity index (χ2v) is 8.05. The van der Waals surface area contributed by atoms with E-state index in [1.807, 2.05) is 11.9 Å². The van der Waals surface area contributed by atoms with Crippen LogP contribution in [0.25, 0.3) is 0 Å². The average Bonchev–Trinajstić information content (AvgIpc) is 2.66. The normalized spacial score (nSPS) is 16.1. The van der Waals surface area contributed by atoms with Gasteiger partial charge in [0.1, 0.15) is 0 Å². The first-order chi connectivity index (χ1) is 13.6. The van der Waals surface area contributed by atoms with Gasteiger partial charge >= 0.3 is 6.18 Å². The smallest absolute Gasteiger partial charge is 0.322 e. The Morgan fingerprint density at radius 2 is 1.90 bits per heavy atom. The van der Waals surface area contributed by atoms with Crippen LogP contribution in [0.1, 0.15) is 27.2 Å². The van der Waals surface area contributed by atoms with E-state index < -0.39 is 17.6 Å². The van der Waals surface area contributed by atoms with Gasteiger partial charge in [-0.05, 0) is 53.7 Å². The molecule has 0 spiro atoms. The minimum absolute atomic E-state index is 0.0983. The SMILES string of the molecule is Cc1ncc(C(=O)Nc2ccc(CN3CCN(C)CC3)c(C(F)(F)F)c2)cc1Br. The summed E-state index contributed by atoms with van der Waals surface area (Å²) in [6.45, 7) is 5.11. The Morgan fingerprint density at radius 3 is 2.52 bits per heavy atom. The summed E-state index contributed by atoms with van der Waals surface area (Å²) in [6, 6.07) is 5.54. The average molecular weight is 471 g/mol. The molecule has 1 saturated heterocycles. The molecule has 0 bridgehead atoms. The highest BCUT2D eigenvalue weighted by atomic mass is 79.9. The number of halogens is 4. The molecule has 1 fully saturated rings. The maximum absolute atomic E-state index is 13.6. The topological polar surface area (TPSA) is 48.5 Å². The molecule has 29 heavy (non-hydrogen) atoms. The van der Waals surface area contributed by atoms with Crippen LogP contribution in [0.15, 0.2) is 34.9 Å². The van der Waals surface area contributed by atoms with Crippen molar-refractivity contribution >= 4 is 27.5 Å². The number of alkyl halides is 3. The van der Waals surface area contributed by atoms with Crippen LogP contribution in [0, 0.1) is 6.92 Å². The van der Waals surface area contributed by atoms with Crippen LogP contribution in [-0.4, -0.2) is 53.9 Å². The lowest BCUT2D eigenvalue weighted by Gasteiger charge is -2.33. The van der Waals surface area contributed by atoms with Crippen molar-refractivity contribution in [2.45, 2.75) is 19.6 Å². The largest absolute Gasteiger partial charge is 0.416 e. The molecule has 1 amide bonds. The summed E-state index contributed by atoms with van der Waals surface area (Å²) in [5.74, 6) is -0.516. The lowest BCUT2D eigenvalue weighted by molar-refractivity contribution is -0.138. The number of anilines is 1. The number of likely N-dealkylation sites (N-methyl/N-ethyl adjacent to an activating group) is 1. The predicted molar refractivity (Wildman–Crippen MR) is 109 cm³/mol. The van der Waals surface area contributed by atoms with E-state index in [-0.39, 0.29) is 23.4 Å². The fourth-order valence-electron chi connectivity index (χ4n) is 3.14.